The third-order valence-corrected chi connectivity index (χ3v) is 7.62. The number of hydrazine groups is 3. The molecule has 37 heavy (non-hydrogen) atoms. The van der Waals surface area contributed by atoms with Crippen molar-refractivity contribution >= 4 is 11.8 Å². The summed E-state index contributed by atoms with van der Waals surface area (Å²) >= 11 is 0. The molecule has 1 aromatic heterocycles. The number of fused-ring (bicyclic) bond motifs is 3. The summed E-state index contributed by atoms with van der Waals surface area (Å²) in [6.45, 7) is 7.79. The van der Waals surface area contributed by atoms with E-state index in [1.807, 2.05) is 27.0 Å². The third-order valence-electron chi connectivity index (χ3n) is 7.62. The van der Waals surface area contributed by atoms with Crippen molar-refractivity contribution in [3.8, 4) is 0 Å². The minimum absolute atomic E-state index is 0.207. The Bertz CT molecular complexity index is 1360. The van der Waals surface area contributed by atoms with Gasteiger partial charge in [0.25, 0.3) is 0 Å². The lowest BCUT2D eigenvalue weighted by molar-refractivity contribution is -0.668. The third kappa shape index (κ3) is 4.83. The molecular formula is C28H32F2N7+. The smallest absolute Gasteiger partial charge is 0.205 e. The number of hydrogen-bond acceptors (Lipinski definition) is 6. The molecule has 6 rings (SSSR count). The average Bonchev–Trinajstić information content (AvgIpc) is 2.89. The highest BCUT2D eigenvalue weighted by Crippen LogP contribution is 2.29. The standard InChI is InChI=1S/C28H32F2N7/c1-2-19-3-4-27(29)26-18-35(11-7-24(19)26)32-23-13-21-16-37(12-8-25(21)28(30)14-23)33-36-10-6-20-5-9-34(31)15-22(20)17-36/h2-4,6,10,13-14,17,32-33H,1,5,7-9,11-12,15-16,18,31H2/q+1. The Balaban J connectivity index is 1.16. The highest BCUT2D eigenvalue weighted by Gasteiger charge is 2.25. The van der Waals surface area contributed by atoms with Gasteiger partial charge in [0.15, 0.2) is 0 Å². The zero-order valence-electron chi connectivity index (χ0n) is 20.8. The van der Waals surface area contributed by atoms with E-state index in [1.54, 1.807) is 18.2 Å². The molecule has 0 saturated heterocycles. The lowest BCUT2D eigenvalue weighted by Crippen LogP contribution is -2.55. The molecule has 0 atom stereocenters. The van der Waals surface area contributed by atoms with Crippen LogP contribution in [0.1, 0.15) is 38.9 Å². The van der Waals surface area contributed by atoms with Crippen LogP contribution in [-0.2, 0) is 38.9 Å². The van der Waals surface area contributed by atoms with E-state index in [9.17, 15) is 4.39 Å². The van der Waals surface area contributed by atoms with Gasteiger partial charge in [-0.1, -0.05) is 23.4 Å². The van der Waals surface area contributed by atoms with Gasteiger partial charge in [-0.3, -0.25) is 5.84 Å². The number of nitrogens with two attached hydrogens (primary N) is 1. The Hall–Kier alpha value is -3.37. The summed E-state index contributed by atoms with van der Waals surface area (Å²) in [4.78, 5) is 0. The Kier molecular flexibility index (Phi) is 6.37. The topological polar surface area (TPSA) is 63.7 Å². The first kappa shape index (κ1) is 24.0. The van der Waals surface area contributed by atoms with Crippen LogP contribution in [0.25, 0.3) is 6.08 Å². The molecule has 9 heteroatoms. The number of pyridine rings is 1. The fraction of sp³-hybridized carbons (Fsp3) is 0.321. The van der Waals surface area contributed by atoms with E-state index in [0.717, 1.165) is 41.8 Å². The molecule has 0 aliphatic carbocycles. The maximum atomic E-state index is 15.1. The van der Waals surface area contributed by atoms with Gasteiger partial charge >= 0.3 is 0 Å². The number of hydrogen-bond donors (Lipinski definition) is 3. The predicted octanol–water partition coefficient (Wildman–Crippen LogP) is 3.03. The number of nitrogens with zero attached hydrogens (tertiary/aromatic N) is 4. The van der Waals surface area contributed by atoms with Gasteiger partial charge in [-0.25, -0.2) is 18.8 Å². The molecule has 0 amide bonds. The van der Waals surface area contributed by atoms with Crippen LogP contribution in [0.3, 0.4) is 0 Å². The minimum Gasteiger partial charge on any atom is -0.318 e. The van der Waals surface area contributed by atoms with E-state index in [-0.39, 0.29) is 11.6 Å². The molecule has 192 valence electrons. The fourth-order valence-electron chi connectivity index (χ4n) is 5.68. The van der Waals surface area contributed by atoms with Gasteiger partial charge in [-0.15, -0.1) is 5.53 Å². The molecule has 4 heterocycles. The Morgan fingerprint density at radius 2 is 1.68 bits per heavy atom. The lowest BCUT2D eigenvalue weighted by Gasteiger charge is -2.32. The molecule has 0 fully saturated rings. The molecule has 0 spiro atoms. The molecule has 0 saturated carbocycles. The van der Waals surface area contributed by atoms with E-state index in [1.165, 1.54) is 17.2 Å². The Labute approximate surface area is 215 Å². The second kappa shape index (κ2) is 9.83. The van der Waals surface area contributed by atoms with Gasteiger partial charge in [0.2, 0.25) is 12.4 Å². The number of rotatable bonds is 5. The van der Waals surface area contributed by atoms with Crippen LogP contribution < -0.4 is 21.5 Å². The number of halogens is 2. The predicted molar refractivity (Wildman–Crippen MR) is 139 cm³/mol. The highest BCUT2D eigenvalue weighted by molar-refractivity contribution is 5.56. The summed E-state index contributed by atoms with van der Waals surface area (Å²) in [5, 5.41) is 5.86. The quantitative estimate of drug-likeness (QED) is 0.367. The van der Waals surface area contributed by atoms with Gasteiger partial charge in [0, 0.05) is 56.5 Å². The largest absolute Gasteiger partial charge is 0.318 e. The molecule has 0 unspecified atom stereocenters. The van der Waals surface area contributed by atoms with E-state index in [2.05, 4.69) is 34.8 Å². The molecule has 3 aromatic rings. The van der Waals surface area contributed by atoms with Crippen LogP contribution >= 0.6 is 0 Å². The normalized spacial score (nSPS) is 18.0. The molecule has 0 radical (unpaired) electrons. The van der Waals surface area contributed by atoms with Gasteiger partial charge in [-0.2, -0.15) is 5.01 Å². The Morgan fingerprint density at radius 1 is 0.838 bits per heavy atom. The summed E-state index contributed by atoms with van der Waals surface area (Å²) in [7, 11) is 0. The lowest BCUT2D eigenvalue weighted by atomic mass is 9.94. The first-order valence-corrected chi connectivity index (χ1v) is 12.8. The summed E-state index contributed by atoms with van der Waals surface area (Å²) < 4.78 is 31.6. The summed E-state index contributed by atoms with van der Waals surface area (Å²) in [6.07, 6.45) is 8.13. The average molecular weight is 505 g/mol. The van der Waals surface area contributed by atoms with Gasteiger partial charge in [0.1, 0.15) is 11.6 Å². The molecule has 7 nitrogen and oxygen atoms in total. The monoisotopic (exact) mass is 504 g/mol. The highest BCUT2D eigenvalue weighted by atomic mass is 19.1. The van der Waals surface area contributed by atoms with Gasteiger partial charge < -0.3 is 5.43 Å². The number of nitrogens with one attached hydrogen (secondary N) is 2. The number of benzene rings is 2. The van der Waals surface area contributed by atoms with E-state index in [0.29, 0.717) is 50.3 Å². The molecule has 0 bridgehead atoms. The van der Waals surface area contributed by atoms with Crippen molar-refractivity contribution in [3.63, 3.8) is 0 Å². The maximum absolute atomic E-state index is 15.1. The van der Waals surface area contributed by atoms with E-state index < -0.39 is 0 Å². The van der Waals surface area contributed by atoms with Crippen LogP contribution in [0.5, 0.6) is 0 Å². The number of anilines is 1. The SMILES string of the molecule is C=Cc1ccc(F)c2c1CCN(Nc1cc(F)c3c(c1)CN(N[n+]1ccc4c(c1)CN(N)CC4)CC3)C2. The summed E-state index contributed by atoms with van der Waals surface area (Å²) in [6, 6.07) is 8.95. The number of aromatic nitrogens is 1. The second-order valence-electron chi connectivity index (χ2n) is 10.1. The van der Waals surface area contributed by atoms with Crippen molar-refractivity contribution in [3.05, 3.63) is 99.9 Å². The van der Waals surface area contributed by atoms with E-state index in [4.69, 9.17) is 5.84 Å². The van der Waals surface area contributed by atoms with Crippen molar-refractivity contribution in [1.29, 1.82) is 0 Å². The van der Waals surface area contributed by atoms with Crippen molar-refractivity contribution in [2.45, 2.75) is 38.9 Å². The van der Waals surface area contributed by atoms with Crippen molar-refractivity contribution in [2.24, 2.45) is 5.84 Å². The first-order chi connectivity index (χ1) is 18.0. The second-order valence-corrected chi connectivity index (χ2v) is 10.1. The van der Waals surface area contributed by atoms with Crippen LogP contribution in [0.15, 0.2) is 49.3 Å². The summed E-state index contributed by atoms with van der Waals surface area (Å²) in [5.41, 5.74) is 14.3. The molecule has 4 N–H and O–H groups in total. The van der Waals surface area contributed by atoms with Gasteiger partial charge in [0.05, 0.1) is 5.69 Å². The first-order valence-electron chi connectivity index (χ1n) is 12.8. The van der Waals surface area contributed by atoms with Crippen molar-refractivity contribution in [2.75, 3.05) is 30.6 Å². The molecule has 2 aromatic carbocycles. The fourth-order valence-corrected chi connectivity index (χ4v) is 5.68. The van der Waals surface area contributed by atoms with Crippen molar-refractivity contribution < 1.29 is 13.5 Å². The zero-order chi connectivity index (χ0) is 25.5. The molecule has 3 aliphatic rings. The van der Waals surface area contributed by atoms with Gasteiger partial charge in [-0.05, 0) is 65.3 Å². The van der Waals surface area contributed by atoms with Crippen LogP contribution in [0.4, 0.5) is 14.5 Å². The van der Waals surface area contributed by atoms with Crippen LogP contribution in [-0.4, -0.2) is 34.7 Å². The van der Waals surface area contributed by atoms with Crippen LogP contribution in [0.2, 0.25) is 0 Å². The maximum Gasteiger partial charge on any atom is 0.205 e. The van der Waals surface area contributed by atoms with Crippen molar-refractivity contribution in [1.82, 2.24) is 15.0 Å². The van der Waals surface area contributed by atoms with Crippen LogP contribution in [0, 0.1) is 11.6 Å². The molecule has 3 aliphatic heterocycles. The van der Waals surface area contributed by atoms with E-state index >= 15 is 4.39 Å². The minimum atomic E-state index is -0.218. The summed E-state index contributed by atoms with van der Waals surface area (Å²) in [5.74, 6) is 5.58. The molecular weight excluding hydrogens is 472 g/mol. The Morgan fingerprint density at radius 3 is 2.54 bits per heavy atom. The zero-order valence-corrected chi connectivity index (χ0v) is 20.8.